The molecule has 0 N–H and O–H groups in total. The number of carbonyl (C=O) groups excluding carboxylic acids is 2. The van der Waals surface area contributed by atoms with E-state index in [1.54, 1.807) is 19.1 Å². The smallest absolute Gasteiger partial charge is 0.224 e. The Morgan fingerprint density at radius 2 is 1.90 bits per heavy atom. The summed E-state index contributed by atoms with van der Waals surface area (Å²) in [5, 5.41) is 0. The van der Waals surface area contributed by atoms with Gasteiger partial charge >= 0.3 is 0 Å². The average molecular weight is 394 g/mol. The molecule has 29 heavy (non-hydrogen) atoms. The number of halogens is 1. The van der Waals surface area contributed by atoms with E-state index in [0.29, 0.717) is 17.9 Å². The number of Topliss-reactive ketones (excluding diaryl/α,β-unsaturated/α-hetero) is 1. The van der Waals surface area contributed by atoms with Gasteiger partial charge in [-0.2, -0.15) is 0 Å². The van der Waals surface area contributed by atoms with E-state index in [4.69, 9.17) is 0 Å². The van der Waals surface area contributed by atoms with E-state index < -0.39 is 0 Å². The fourth-order valence-electron chi connectivity index (χ4n) is 4.84. The lowest BCUT2D eigenvalue weighted by Gasteiger charge is -2.38. The highest BCUT2D eigenvalue weighted by atomic mass is 19.1. The molecule has 2 aromatic rings. The molecule has 2 aliphatic rings. The molecular formula is C24H27FN2O2. The highest BCUT2D eigenvalue weighted by Gasteiger charge is 2.43. The van der Waals surface area contributed by atoms with Crippen molar-refractivity contribution in [2.24, 2.45) is 0 Å². The van der Waals surface area contributed by atoms with Gasteiger partial charge < -0.3 is 9.80 Å². The SMILES string of the molecule is CC(=O)N1c2ccc(C)cc2[C@H]2CN(CCCC(=O)c3ccc(F)cc3)CC[C@H]21. The summed E-state index contributed by atoms with van der Waals surface area (Å²) in [5.41, 5.74) is 4.13. The molecule has 2 aromatic carbocycles. The molecule has 1 fully saturated rings. The first-order chi connectivity index (χ1) is 13.9. The summed E-state index contributed by atoms with van der Waals surface area (Å²) in [6, 6.07) is 12.4. The van der Waals surface area contributed by atoms with Crippen molar-refractivity contribution >= 4 is 17.4 Å². The second kappa shape index (κ2) is 8.07. The van der Waals surface area contributed by atoms with Gasteiger partial charge in [0.2, 0.25) is 5.91 Å². The van der Waals surface area contributed by atoms with E-state index in [2.05, 4.69) is 30.0 Å². The van der Waals surface area contributed by atoms with Crippen LogP contribution in [0.2, 0.25) is 0 Å². The predicted molar refractivity (Wildman–Crippen MR) is 112 cm³/mol. The van der Waals surface area contributed by atoms with Crippen LogP contribution in [0.3, 0.4) is 0 Å². The Bertz CT molecular complexity index is 925. The zero-order valence-electron chi connectivity index (χ0n) is 17.0. The van der Waals surface area contributed by atoms with E-state index >= 15 is 0 Å². The summed E-state index contributed by atoms with van der Waals surface area (Å²) in [6.07, 6.45) is 2.19. The Labute approximate surface area is 171 Å². The van der Waals surface area contributed by atoms with Gasteiger partial charge in [-0.3, -0.25) is 9.59 Å². The summed E-state index contributed by atoms with van der Waals surface area (Å²) in [7, 11) is 0. The van der Waals surface area contributed by atoms with E-state index in [0.717, 1.165) is 38.2 Å². The molecule has 0 aliphatic carbocycles. The normalized spacial score (nSPS) is 21.0. The fraction of sp³-hybridized carbons (Fsp3) is 0.417. The molecule has 0 unspecified atom stereocenters. The zero-order valence-corrected chi connectivity index (χ0v) is 17.0. The number of amides is 1. The minimum Gasteiger partial charge on any atom is -0.309 e. The third-order valence-electron chi connectivity index (χ3n) is 6.22. The Hall–Kier alpha value is -2.53. The average Bonchev–Trinajstić information content (AvgIpc) is 3.01. The third kappa shape index (κ3) is 3.97. The molecule has 1 amide bonds. The maximum Gasteiger partial charge on any atom is 0.224 e. The van der Waals surface area contributed by atoms with E-state index in [1.165, 1.54) is 23.3 Å². The van der Waals surface area contributed by atoms with Crippen LogP contribution >= 0.6 is 0 Å². The van der Waals surface area contributed by atoms with E-state index in [-0.39, 0.29) is 23.5 Å². The standard InChI is InChI=1S/C24H27FN2O2/c1-16-5-10-22-20(14-16)21-15-26(13-11-23(21)27(22)17(2)28)12-3-4-24(29)18-6-8-19(25)9-7-18/h5-10,14,21,23H,3-4,11-13,15H2,1-2H3/t21-,23-/m1/s1. The molecule has 0 radical (unpaired) electrons. The lowest BCUT2D eigenvalue weighted by Crippen LogP contribution is -2.47. The lowest BCUT2D eigenvalue weighted by molar-refractivity contribution is -0.117. The number of fused-ring (bicyclic) bond motifs is 3. The van der Waals surface area contributed by atoms with Crippen LogP contribution in [0, 0.1) is 12.7 Å². The van der Waals surface area contributed by atoms with Crippen LogP contribution in [0.1, 0.15) is 53.6 Å². The molecule has 0 bridgehead atoms. The van der Waals surface area contributed by atoms with Gasteiger partial charge in [0.1, 0.15) is 5.82 Å². The Kier molecular flexibility index (Phi) is 5.50. The van der Waals surface area contributed by atoms with Crippen LogP contribution in [-0.2, 0) is 4.79 Å². The minimum atomic E-state index is -0.323. The maximum atomic E-state index is 13.0. The molecule has 0 spiro atoms. The van der Waals surface area contributed by atoms with Crippen molar-refractivity contribution in [3.05, 3.63) is 65.0 Å². The predicted octanol–water partition coefficient (Wildman–Crippen LogP) is 4.32. The fourth-order valence-corrected chi connectivity index (χ4v) is 4.84. The molecule has 0 saturated carbocycles. The van der Waals surface area contributed by atoms with Gasteiger partial charge in [-0.1, -0.05) is 17.7 Å². The first kappa shape index (κ1) is 19.8. The van der Waals surface area contributed by atoms with Crippen molar-refractivity contribution in [2.75, 3.05) is 24.5 Å². The quantitative estimate of drug-likeness (QED) is 0.709. The van der Waals surface area contributed by atoms with Gasteiger partial charge in [0.15, 0.2) is 5.78 Å². The number of likely N-dealkylation sites (tertiary alicyclic amines) is 1. The number of aryl methyl sites for hydroxylation is 1. The van der Waals surface area contributed by atoms with Crippen LogP contribution in [0.15, 0.2) is 42.5 Å². The van der Waals surface area contributed by atoms with Gasteiger partial charge in [0, 0.05) is 49.6 Å². The second-order valence-corrected chi connectivity index (χ2v) is 8.25. The van der Waals surface area contributed by atoms with Crippen molar-refractivity contribution in [3.8, 4) is 0 Å². The second-order valence-electron chi connectivity index (χ2n) is 8.25. The molecule has 0 aromatic heterocycles. The largest absolute Gasteiger partial charge is 0.309 e. The molecular weight excluding hydrogens is 367 g/mol. The van der Waals surface area contributed by atoms with Gasteiger partial charge in [-0.15, -0.1) is 0 Å². The summed E-state index contributed by atoms with van der Waals surface area (Å²) in [6.45, 7) is 6.45. The van der Waals surface area contributed by atoms with Crippen molar-refractivity contribution in [1.82, 2.24) is 4.90 Å². The monoisotopic (exact) mass is 394 g/mol. The van der Waals surface area contributed by atoms with Gasteiger partial charge in [-0.25, -0.2) is 4.39 Å². The van der Waals surface area contributed by atoms with Gasteiger partial charge in [0.05, 0.1) is 0 Å². The van der Waals surface area contributed by atoms with Gasteiger partial charge in [-0.05, 0) is 62.2 Å². The number of piperidine rings is 1. The van der Waals surface area contributed by atoms with Crippen molar-refractivity contribution in [1.29, 1.82) is 0 Å². The van der Waals surface area contributed by atoms with Gasteiger partial charge in [0.25, 0.3) is 0 Å². The lowest BCUT2D eigenvalue weighted by atomic mass is 9.88. The third-order valence-corrected chi connectivity index (χ3v) is 6.22. The Balaban J connectivity index is 1.38. The number of nitrogens with zero attached hydrogens (tertiary/aromatic N) is 2. The summed E-state index contributed by atoms with van der Waals surface area (Å²) < 4.78 is 13.0. The molecule has 2 heterocycles. The van der Waals surface area contributed by atoms with Crippen molar-refractivity contribution < 1.29 is 14.0 Å². The number of hydrogen-bond donors (Lipinski definition) is 0. The summed E-state index contributed by atoms with van der Waals surface area (Å²) in [4.78, 5) is 29.0. The molecule has 5 heteroatoms. The molecule has 4 rings (SSSR count). The summed E-state index contributed by atoms with van der Waals surface area (Å²) in [5.74, 6) is 0.178. The Morgan fingerprint density at radius 3 is 2.62 bits per heavy atom. The van der Waals surface area contributed by atoms with Crippen LogP contribution in [-0.4, -0.2) is 42.3 Å². The number of ketones is 1. The maximum absolute atomic E-state index is 13.0. The van der Waals surface area contributed by atoms with Crippen LogP contribution < -0.4 is 4.90 Å². The number of hydrogen-bond acceptors (Lipinski definition) is 3. The molecule has 2 aliphatic heterocycles. The number of carbonyl (C=O) groups is 2. The zero-order chi connectivity index (χ0) is 20.5. The van der Waals surface area contributed by atoms with Crippen LogP contribution in [0.25, 0.3) is 0 Å². The molecule has 152 valence electrons. The van der Waals surface area contributed by atoms with E-state index in [9.17, 15) is 14.0 Å². The van der Waals surface area contributed by atoms with Crippen LogP contribution in [0.5, 0.6) is 0 Å². The molecule has 1 saturated heterocycles. The first-order valence-electron chi connectivity index (χ1n) is 10.4. The topological polar surface area (TPSA) is 40.6 Å². The van der Waals surface area contributed by atoms with Crippen LogP contribution in [0.4, 0.5) is 10.1 Å². The highest BCUT2D eigenvalue weighted by Crippen LogP contribution is 2.45. The van der Waals surface area contributed by atoms with E-state index in [1.807, 2.05) is 4.90 Å². The first-order valence-corrected chi connectivity index (χ1v) is 10.4. The molecule has 4 nitrogen and oxygen atoms in total. The highest BCUT2D eigenvalue weighted by molar-refractivity contribution is 5.96. The number of rotatable bonds is 5. The Morgan fingerprint density at radius 1 is 1.14 bits per heavy atom. The number of anilines is 1. The van der Waals surface area contributed by atoms with Crippen molar-refractivity contribution in [3.63, 3.8) is 0 Å². The van der Waals surface area contributed by atoms with Crippen molar-refractivity contribution in [2.45, 2.75) is 45.1 Å². The number of benzene rings is 2. The minimum absolute atomic E-state index is 0.0597. The molecule has 2 atom stereocenters. The summed E-state index contributed by atoms with van der Waals surface area (Å²) >= 11 is 0.